The number of nitrogens with zero attached hydrogens (tertiary/aromatic N) is 2. The Labute approximate surface area is 115 Å². The van der Waals surface area contributed by atoms with Crippen LogP contribution in [-0.2, 0) is 6.54 Å². The van der Waals surface area contributed by atoms with Gasteiger partial charge in [0.15, 0.2) is 0 Å². The van der Waals surface area contributed by atoms with Crippen molar-refractivity contribution in [2.24, 2.45) is 0 Å². The molecule has 2 rings (SSSR count). The Morgan fingerprint density at radius 2 is 2.21 bits per heavy atom. The number of hydrogen-bond donors (Lipinski definition) is 1. The number of piperidine rings is 1. The van der Waals surface area contributed by atoms with E-state index < -0.39 is 0 Å². The highest BCUT2D eigenvalue weighted by Gasteiger charge is 2.21. The number of hydrogen-bond acceptors (Lipinski definition) is 3. The topological polar surface area (TPSA) is 37.3 Å². The molecule has 106 valence electrons. The van der Waals surface area contributed by atoms with E-state index in [0.29, 0.717) is 6.04 Å². The van der Waals surface area contributed by atoms with Gasteiger partial charge >= 0.3 is 0 Å². The first kappa shape index (κ1) is 14.3. The second-order valence-corrected chi connectivity index (χ2v) is 5.31. The highest BCUT2D eigenvalue weighted by molar-refractivity contribution is 4.93. The van der Waals surface area contributed by atoms with Gasteiger partial charge in [0.2, 0.25) is 0 Å². The Balaban J connectivity index is 1.89. The minimum absolute atomic E-state index is 0.103. The molecule has 1 saturated heterocycles. The van der Waals surface area contributed by atoms with Gasteiger partial charge in [-0.15, -0.1) is 0 Å². The van der Waals surface area contributed by atoms with Crippen LogP contribution in [0, 0.1) is 0 Å². The molecule has 0 amide bonds. The third-order valence-electron chi connectivity index (χ3n) is 4.00. The molecule has 1 aromatic heterocycles. The Bertz CT molecular complexity index is 429. The fourth-order valence-corrected chi connectivity index (χ4v) is 2.87. The van der Waals surface area contributed by atoms with Gasteiger partial charge in [-0.05, 0) is 45.5 Å². The zero-order valence-corrected chi connectivity index (χ0v) is 11.8. The van der Waals surface area contributed by atoms with Crippen LogP contribution in [0.15, 0.2) is 29.2 Å². The van der Waals surface area contributed by atoms with E-state index in [2.05, 4.69) is 10.2 Å². The van der Waals surface area contributed by atoms with Crippen molar-refractivity contribution >= 4 is 0 Å². The molecule has 1 atom stereocenters. The summed E-state index contributed by atoms with van der Waals surface area (Å²) in [6, 6.07) is 6.04. The van der Waals surface area contributed by atoms with Crippen LogP contribution in [0.1, 0.15) is 25.7 Å². The number of rotatable bonds is 6. The maximum absolute atomic E-state index is 11.7. The minimum atomic E-state index is 0.103. The van der Waals surface area contributed by atoms with Crippen LogP contribution in [0.3, 0.4) is 0 Å². The van der Waals surface area contributed by atoms with Gasteiger partial charge in [-0.3, -0.25) is 9.69 Å². The van der Waals surface area contributed by atoms with Gasteiger partial charge in [-0.1, -0.05) is 12.5 Å². The van der Waals surface area contributed by atoms with Gasteiger partial charge in [0.1, 0.15) is 0 Å². The molecular weight excluding hydrogens is 238 g/mol. The van der Waals surface area contributed by atoms with Crippen molar-refractivity contribution in [2.75, 3.05) is 26.7 Å². The maximum Gasteiger partial charge on any atom is 0.250 e. The molecule has 0 spiro atoms. The van der Waals surface area contributed by atoms with E-state index in [1.165, 1.54) is 32.2 Å². The fourth-order valence-electron chi connectivity index (χ4n) is 2.87. The number of aromatic nitrogens is 1. The molecule has 4 nitrogen and oxygen atoms in total. The molecule has 19 heavy (non-hydrogen) atoms. The van der Waals surface area contributed by atoms with Gasteiger partial charge < -0.3 is 9.88 Å². The third kappa shape index (κ3) is 4.18. The molecule has 0 aromatic carbocycles. The third-order valence-corrected chi connectivity index (χ3v) is 4.00. The van der Waals surface area contributed by atoms with Gasteiger partial charge in [0, 0.05) is 31.4 Å². The molecular formula is C15H25N3O. The molecule has 0 aliphatic carbocycles. The summed E-state index contributed by atoms with van der Waals surface area (Å²) in [6.45, 7) is 4.04. The van der Waals surface area contributed by atoms with Gasteiger partial charge in [-0.2, -0.15) is 0 Å². The molecule has 0 saturated carbocycles. The molecule has 1 aromatic rings. The van der Waals surface area contributed by atoms with Crippen LogP contribution < -0.4 is 10.9 Å². The van der Waals surface area contributed by atoms with E-state index in [4.69, 9.17) is 0 Å². The van der Waals surface area contributed by atoms with Crippen molar-refractivity contribution in [3.05, 3.63) is 34.7 Å². The monoisotopic (exact) mass is 263 g/mol. The Kier molecular flexibility index (Phi) is 5.61. The molecule has 0 radical (unpaired) electrons. The fraction of sp³-hybridized carbons (Fsp3) is 0.667. The lowest BCUT2D eigenvalue weighted by molar-refractivity contribution is 0.135. The minimum Gasteiger partial charge on any atom is -0.320 e. The van der Waals surface area contributed by atoms with Crippen LogP contribution in [0.4, 0.5) is 0 Å². The van der Waals surface area contributed by atoms with Crippen molar-refractivity contribution in [1.82, 2.24) is 14.8 Å². The summed E-state index contributed by atoms with van der Waals surface area (Å²) in [5.41, 5.74) is 0.103. The summed E-state index contributed by atoms with van der Waals surface area (Å²) in [7, 11) is 2.01. The van der Waals surface area contributed by atoms with Gasteiger partial charge in [0.25, 0.3) is 5.56 Å². The molecule has 1 unspecified atom stereocenters. The van der Waals surface area contributed by atoms with Gasteiger partial charge in [0.05, 0.1) is 0 Å². The van der Waals surface area contributed by atoms with E-state index in [-0.39, 0.29) is 5.56 Å². The predicted molar refractivity (Wildman–Crippen MR) is 78.5 cm³/mol. The Morgan fingerprint density at radius 1 is 1.32 bits per heavy atom. The molecule has 2 heterocycles. The summed E-state index contributed by atoms with van der Waals surface area (Å²) in [4.78, 5) is 14.2. The lowest BCUT2D eigenvalue weighted by atomic mass is 9.99. The Hall–Kier alpha value is -1.13. The SMILES string of the molecule is CNCCC1CCCCN1CCn1ccccc1=O. The van der Waals surface area contributed by atoms with Crippen LogP contribution >= 0.6 is 0 Å². The predicted octanol–water partition coefficient (Wildman–Crippen LogP) is 1.31. The molecule has 4 heteroatoms. The lowest BCUT2D eigenvalue weighted by Crippen LogP contribution is -2.43. The van der Waals surface area contributed by atoms with Crippen molar-refractivity contribution in [3.63, 3.8) is 0 Å². The van der Waals surface area contributed by atoms with E-state index in [1.54, 1.807) is 12.1 Å². The summed E-state index contributed by atoms with van der Waals surface area (Å²) in [6.07, 6.45) is 7.02. The average Bonchev–Trinajstić information content (AvgIpc) is 2.45. The first-order valence-corrected chi connectivity index (χ1v) is 7.35. The van der Waals surface area contributed by atoms with Crippen LogP contribution in [0.2, 0.25) is 0 Å². The first-order chi connectivity index (χ1) is 9.31. The highest BCUT2D eigenvalue weighted by Crippen LogP contribution is 2.19. The maximum atomic E-state index is 11.7. The quantitative estimate of drug-likeness (QED) is 0.841. The Morgan fingerprint density at radius 3 is 3.00 bits per heavy atom. The second kappa shape index (κ2) is 7.46. The van der Waals surface area contributed by atoms with E-state index in [1.807, 2.05) is 23.9 Å². The van der Waals surface area contributed by atoms with Gasteiger partial charge in [-0.25, -0.2) is 0 Å². The van der Waals surface area contributed by atoms with E-state index in [9.17, 15) is 4.79 Å². The van der Waals surface area contributed by atoms with E-state index >= 15 is 0 Å². The first-order valence-electron chi connectivity index (χ1n) is 7.35. The largest absolute Gasteiger partial charge is 0.320 e. The lowest BCUT2D eigenvalue weighted by Gasteiger charge is -2.36. The summed E-state index contributed by atoms with van der Waals surface area (Å²) < 4.78 is 1.81. The smallest absolute Gasteiger partial charge is 0.250 e. The van der Waals surface area contributed by atoms with Crippen molar-refractivity contribution in [1.29, 1.82) is 0 Å². The van der Waals surface area contributed by atoms with Crippen molar-refractivity contribution in [3.8, 4) is 0 Å². The number of likely N-dealkylation sites (tertiary alicyclic amines) is 1. The zero-order valence-electron chi connectivity index (χ0n) is 11.8. The molecule has 1 fully saturated rings. The van der Waals surface area contributed by atoms with E-state index in [0.717, 1.165) is 19.6 Å². The summed E-state index contributed by atoms with van der Waals surface area (Å²) in [5, 5.41) is 3.24. The zero-order chi connectivity index (χ0) is 13.5. The number of pyridine rings is 1. The highest BCUT2D eigenvalue weighted by atomic mass is 16.1. The number of nitrogens with one attached hydrogen (secondary N) is 1. The van der Waals surface area contributed by atoms with Crippen LogP contribution in [-0.4, -0.2) is 42.2 Å². The molecule has 1 aliphatic heterocycles. The molecule has 0 bridgehead atoms. The standard InChI is InChI=1S/C15H25N3O/c1-16-9-8-14-6-2-4-10-17(14)12-13-18-11-5-3-7-15(18)19/h3,5,7,11,14,16H,2,4,6,8-10,12-13H2,1H3. The van der Waals surface area contributed by atoms with Crippen LogP contribution in [0.5, 0.6) is 0 Å². The average molecular weight is 263 g/mol. The summed E-state index contributed by atoms with van der Waals surface area (Å²) >= 11 is 0. The molecule has 1 N–H and O–H groups in total. The van der Waals surface area contributed by atoms with Crippen LogP contribution in [0.25, 0.3) is 0 Å². The summed E-state index contributed by atoms with van der Waals surface area (Å²) in [5.74, 6) is 0. The second-order valence-electron chi connectivity index (χ2n) is 5.31. The van der Waals surface area contributed by atoms with Crippen molar-refractivity contribution in [2.45, 2.75) is 38.3 Å². The molecule has 1 aliphatic rings. The normalized spacial score (nSPS) is 20.6. The van der Waals surface area contributed by atoms with Crippen molar-refractivity contribution < 1.29 is 0 Å².